The fraction of sp³-hybridized carbons (Fsp3) is 0.571. The molecule has 0 fully saturated rings. The van der Waals surface area contributed by atoms with E-state index in [-0.39, 0.29) is 0 Å². The molecular weight excluding hydrogens is 253 g/mol. The van der Waals surface area contributed by atoms with Crippen LogP contribution in [-0.2, 0) is 6.42 Å². The van der Waals surface area contributed by atoms with Crippen molar-refractivity contribution in [3.05, 3.63) is 33.8 Å². The van der Waals surface area contributed by atoms with E-state index in [1.54, 1.807) is 0 Å². The molecule has 1 aromatic carbocycles. The highest BCUT2D eigenvalue weighted by Crippen LogP contribution is 2.26. The SMILES string of the molecule is CCCNC(C)CCCc1cccc(Cl)c1Cl. The van der Waals surface area contributed by atoms with Crippen molar-refractivity contribution in [3.8, 4) is 0 Å². The highest BCUT2D eigenvalue weighted by Gasteiger charge is 2.05. The Labute approximate surface area is 115 Å². The molecule has 3 heteroatoms. The number of rotatable bonds is 7. The molecule has 0 saturated carbocycles. The first-order chi connectivity index (χ1) is 8.15. The van der Waals surface area contributed by atoms with Crippen LogP contribution in [0.4, 0.5) is 0 Å². The number of halogens is 2. The Morgan fingerprint density at radius 3 is 2.76 bits per heavy atom. The molecule has 96 valence electrons. The van der Waals surface area contributed by atoms with Crippen LogP contribution in [0.1, 0.15) is 38.7 Å². The molecule has 1 aromatic rings. The molecule has 1 rings (SSSR count). The molecule has 0 saturated heterocycles. The zero-order valence-corrected chi connectivity index (χ0v) is 12.1. The predicted molar refractivity (Wildman–Crippen MR) is 77.2 cm³/mol. The van der Waals surface area contributed by atoms with E-state index in [2.05, 4.69) is 25.2 Å². The lowest BCUT2D eigenvalue weighted by atomic mass is 10.1. The van der Waals surface area contributed by atoms with Gasteiger partial charge < -0.3 is 5.32 Å². The highest BCUT2D eigenvalue weighted by molar-refractivity contribution is 6.42. The number of nitrogens with one attached hydrogen (secondary N) is 1. The average Bonchev–Trinajstić information content (AvgIpc) is 2.32. The summed E-state index contributed by atoms with van der Waals surface area (Å²) in [6.45, 7) is 5.51. The molecule has 0 heterocycles. The van der Waals surface area contributed by atoms with E-state index < -0.39 is 0 Å². The molecule has 1 atom stereocenters. The molecule has 0 radical (unpaired) electrons. The van der Waals surface area contributed by atoms with Crippen molar-refractivity contribution in [3.63, 3.8) is 0 Å². The van der Waals surface area contributed by atoms with Crippen molar-refractivity contribution in [1.82, 2.24) is 5.32 Å². The number of hydrogen-bond acceptors (Lipinski definition) is 1. The summed E-state index contributed by atoms with van der Waals surface area (Å²) in [5, 5.41) is 4.85. The van der Waals surface area contributed by atoms with Gasteiger partial charge in [0.25, 0.3) is 0 Å². The molecule has 1 unspecified atom stereocenters. The van der Waals surface area contributed by atoms with Crippen molar-refractivity contribution in [1.29, 1.82) is 0 Å². The lowest BCUT2D eigenvalue weighted by Crippen LogP contribution is -2.26. The maximum atomic E-state index is 6.14. The van der Waals surface area contributed by atoms with Crippen LogP contribution in [0, 0.1) is 0 Å². The standard InChI is InChI=1S/C14H21Cl2N/c1-3-10-17-11(2)6-4-7-12-8-5-9-13(15)14(12)16/h5,8-9,11,17H,3-4,6-7,10H2,1-2H3. The van der Waals surface area contributed by atoms with Gasteiger partial charge in [0.1, 0.15) is 0 Å². The summed E-state index contributed by atoms with van der Waals surface area (Å²) < 4.78 is 0. The summed E-state index contributed by atoms with van der Waals surface area (Å²) in [6, 6.07) is 6.42. The van der Waals surface area contributed by atoms with Gasteiger partial charge in [-0.2, -0.15) is 0 Å². The Morgan fingerprint density at radius 2 is 2.06 bits per heavy atom. The van der Waals surface area contributed by atoms with Gasteiger partial charge in [0.05, 0.1) is 10.0 Å². The van der Waals surface area contributed by atoms with Gasteiger partial charge in [0, 0.05) is 6.04 Å². The quantitative estimate of drug-likeness (QED) is 0.759. The minimum atomic E-state index is 0.577. The van der Waals surface area contributed by atoms with Crippen LogP contribution < -0.4 is 5.32 Å². The van der Waals surface area contributed by atoms with Crippen LogP contribution in [0.15, 0.2) is 18.2 Å². The van der Waals surface area contributed by atoms with Crippen LogP contribution in [0.5, 0.6) is 0 Å². The number of aryl methyl sites for hydroxylation is 1. The summed E-state index contributed by atoms with van der Waals surface area (Å²) in [5.41, 5.74) is 1.15. The molecule has 1 N–H and O–H groups in total. The van der Waals surface area contributed by atoms with Gasteiger partial charge in [-0.05, 0) is 50.8 Å². The maximum absolute atomic E-state index is 6.14. The van der Waals surface area contributed by atoms with E-state index in [0.717, 1.165) is 24.9 Å². The highest BCUT2D eigenvalue weighted by atomic mass is 35.5. The Bertz CT molecular complexity index is 339. The predicted octanol–water partition coefficient (Wildman–Crippen LogP) is 4.70. The van der Waals surface area contributed by atoms with Gasteiger partial charge in [-0.25, -0.2) is 0 Å². The maximum Gasteiger partial charge on any atom is 0.0624 e. The molecule has 0 aliphatic heterocycles. The second-order valence-corrected chi connectivity index (χ2v) is 5.25. The second-order valence-electron chi connectivity index (χ2n) is 4.46. The molecule has 17 heavy (non-hydrogen) atoms. The van der Waals surface area contributed by atoms with E-state index in [0.29, 0.717) is 16.1 Å². The largest absolute Gasteiger partial charge is 0.314 e. The Morgan fingerprint density at radius 1 is 1.29 bits per heavy atom. The van der Waals surface area contributed by atoms with Crippen LogP contribution in [0.25, 0.3) is 0 Å². The Balaban J connectivity index is 2.33. The number of hydrogen-bond donors (Lipinski definition) is 1. The minimum Gasteiger partial charge on any atom is -0.314 e. The normalized spacial score (nSPS) is 12.7. The average molecular weight is 274 g/mol. The second kappa shape index (κ2) is 7.97. The first-order valence-corrected chi connectivity index (χ1v) is 7.07. The lowest BCUT2D eigenvalue weighted by Gasteiger charge is -2.13. The van der Waals surface area contributed by atoms with E-state index in [9.17, 15) is 0 Å². The Kier molecular flexibility index (Phi) is 6.94. The molecule has 0 aliphatic rings. The molecule has 0 aromatic heterocycles. The van der Waals surface area contributed by atoms with Crippen LogP contribution in [0.3, 0.4) is 0 Å². The third-order valence-electron chi connectivity index (χ3n) is 2.86. The lowest BCUT2D eigenvalue weighted by molar-refractivity contribution is 0.498. The zero-order chi connectivity index (χ0) is 12.7. The Hall–Kier alpha value is -0.240. The molecule has 0 amide bonds. The molecule has 0 spiro atoms. The fourth-order valence-electron chi connectivity index (χ4n) is 1.83. The first-order valence-electron chi connectivity index (χ1n) is 6.31. The third-order valence-corrected chi connectivity index (χ3v) is 3.72. The van der Waals surface area contributed by atoms with E-state index in [4.69, 9.17) is 23.2 Å². The van der Waals surface area contributed by atoms with Gasteiger partial charge in [0.15, 0.2) is 0 Å². The van der Waals surface area contributed by atoms with Gasteiger partial charge in [-0.1, -0.05) is 42.3 Å². The summed E-state index contributed by atoms with van der Waals surface area (Å²) in [4.78, 5) is 0. The van der Waals surface area contributed by atoms with Crippen molar-refractivity contribution in [2.45, 2.75) is 45.6 Å². The van der Waals surface area contributed by atoms with E-state index >= 15 is 0 Å². The fourth-order valence-corrected chi connectivity index (χ4v) is 2.25. The summed E-state index contributed by atoms with van der Waals surface area (Å²) in [6.07, 6.45) is 4.49. The summed E-state index contributed by atoms with van der Waals surface area (Å²) >= 11 is 12.1. The monoisotopic (exact) mass is 273 g/mol. The molecule has 0 bridgehead atoms. The van der Waals surface area contributed by atoms with Crippen molar-refractivity contribution in [2.75, 3.05) is 6.54 Å². The minimum absolute atomic E-state index is 0.577. The van der Waals surface area contributed by atoms with Gasteiger partial charge in [-0.3, -0.25) is 0 Å². The summed E-state index contributed by atoms with van der Waals surface area (Å²) in [7, 11) is 0. The zero-order valence-electron chi connectivity index (χ0n) is 10.6. The molecule has 0 aliphatic carbocycles. The number of benzene rings is 1. The topological polar surface area (TPSA) is 12.0 Å². The van der Waals surface area contributed by atoms with Gasteiger partial charge >= 0.3 is 0 Å². The van der Waals surface area contributed by atoms with Gasteiger partial charge in [0.2, 0.25) is 0 Å². The smallest absolute Gasteiger partial charge is 0.0624 e. The third kappa shape index (κ3) is 5.29. The first kappa shape index (κ1) is 14.8. The van der Waals surface area contributed by atoms with Crippen LogP contribution in [-0.4, -0.2) is 12.6 Å². The van der Waals surface area contributed by atoms with Crippen LogP contribution >= 0.6 is 23.2 Å². The van der Waals surface area contributed by atoms with E-state index in [1.807, 2.05) is 12.1 Å². The molecular formula is C14H21Cl2N. The summed E-state index contributed by atoms with van der Waals surface area (Å²) in [5.74, 6) is 0. The van der Waals surface area contributed by atoms with Crippen LogP contribution in [0.2, 0.25) is 10.0 Å². The van der Waals surface area contributed by atoms with E-state index in [1.165, 1.54) is 12.8 Å². The molecule has 1 nitrogen and oxygen atoms in total. The van der Waals surface area contributed by atoms with Crippen molar-refractivity contribution in [2.24, 2.45) is 0 Å². The van der Waals surface area contributed by atoms with Gasteiger partial charge in [-0.15, -0.1) is 0 Å². The van der Waals surface area contributed by atoms with Crippen molar-refractivity contribution < 1.29 is 0 Å². The van der Waals surface area contributed by atoms with Crippen molar-refractivity contribution >= 4 is 23.2 Å².